The average molecular weight is 371 g/mol. The first-order chi connectivity index (χ1) is 12.7. The minimum Gasteiger partial charge on any atom is -0.352 e. The second kappa shape index (κ2) is 7.29. The molecule has 0 saturated carbocycles. The van der Waals surface area contributed by atoms with Gasteiger partial charge in [0.15, 0.2) is 5.65 Å². The zero-order valence-electron chi connectivity index (χ0n) is 14.2. The highest BCUT2D eigenvalue weighted by molar-refractivity contribution is 6.30. The summed E-state index contributed by atoms with van der Waals surface area (Å²) in [6.07, 6.45) is 6.88. The van der Waals surface area contributed by atoms with Gasteiger partial charge in [-0.25, -0.2) is 0 Å². The van der Waals surface area contributed by atoms with Gasteiger partial charge in [-0.15, -0.1) is 10.2 Å². The first-order valence-corrected chi connectivity index (χ1v) is 9.00. The first-order valence-electron chi connectivity index (χ1n) is 8.62. The summed E-state index contributed by atoms with van der Waals surface area (Å²) in [5.74, 6) is 0.894. The Morgan fingerprint density at radius 3 is 2.85 bits per heavy atom. The van der Waals surface area contributed by atoms with Gasteiger partial charge in [0, 0.05) is 44.1 Å². The van der Waals surface area contributed by atoms with E-state index in [9.17, 15) is 4.79 Å². The molecule has 1 saturated heterocycles. The number of piperidine rings is 1. The lowest BCUT2D eigenvalue weighted by Crippen LogP contribution is -2.41. The van der Waals surface area contributed by atoms with Crippen molar-refractivity contribution in [1.29, 1.82) is 0 Å². The number of carbonyl (C=O) groups excluding carboxylic acids is 1. The van der Waals surface area contributed by atoms with Gasteiger partial charge in [-0.05, 0) is 36.6 Å². The van der Waals surface area contributed by atoms with Crippen molar-refractivity contribution in [3.05, 3.63) is 53.4 Å². The topological polar surface area (TPSA) is 75.4 Å². The van der Waals surface area contributed by atoms with Crippen LogP contribution in [-0.4, -0.2) is 38.6 Å². The minimum atomic E-state index is 0.0192. The number of rotatable bonds is 4. The summed E-state index contributed by atoms with van der Waals surface area (Å²) in [5, 5.41) is 12.1. The molecule has 134 valence electrons. The van der Waals surface area contributed by atoms with Gasteiger partial charge in [-0.3, -0.25) is 14.2 Å². The lowest BCUT2D eigenvalue weighted by atomic mass is 9.96. The molecule has 0 spiro atoms. The lowest BCUT2D eigenvalue weighted by molar-refractivity contribution is -0.125. The van der Waals surface area contributed by atoms with Crippen molar-refractivity contribution >= 4 is 29.1 Å². The van der Waals surface area contributed by atoms with E-state index in [1.54, 1.807) is 18.5 Å². The third kappa shape index (κ3) is 3.48. The normalized spacial score (nSPS) is 15.3. The molecule has 1 aliphatic rings. The van der Waals surface area contributed by atoms with E-state index < -0.39 is 0 Å². The molecule has 0 radical (unpaired) electrons. The maximum atomic E-state index is 12.4. The fourth-order valence-electron chi connectivity index (χ4n) is 3.25. The molecule has 8 heteroatoms. The molecule has 26 heavy (non-hydrogen) atoms. The SMILES string of the molecule is O=C(NCc1cccnc1)C1CCN(c2nnc3ccc(Cl)cn23)CC1. The Morgan fingerprint density at radius 2 is 2.08 bits per heavy atom. The monoisotopic (exact) mass is 370 g/mol. The molecule has 3 aromatic rings. The zero-order valence-corrected chi connectivity index (χ0v) is 14.9. The van der Waals surface area contributed by atoms with E-state index in [0.29, 0.717) is 11.6 Å². The Balaban J connectivity index is 1.36. The van der Waals surface area contributed by atoms with Crippen molar-refractivity contribution in [1.82, 2.24) is 24.9 Å². The Kier molecular flexibility index (Phi) is 4.71. The summed E-state index contributed by atoms with van der Waals surface area (Å²) in [6, 6.07) is 7.47. The van der Waals surface area contributed by atoms with Crippen molar-refractivity contribution in [3.8, 4) is 0 Å². The number of anilines is 1. The standard InChI is InChI=1S/C18H19ClN6O/c19-15-3-4-16-22-23-18(25(16)12-15)24-8-5-14(6-9-24)17(26)21-11-13-2-1-7-20-10-13/h1-4,7,10,12,14H,5-6,8-9,11H2,(H,21,26). The Labute approximate surface area is 156 Å². The fraction of sp³-hybridized carbons (Fsp3) is 0.333. The number of fused-ring (bicyclic) bond motifs is 1. The highest BCUT2D eigenvalue weighted by Gasteiger charge is 2.27. The van der Waals surface area contributed by atoms with Crippen LogP contribution in [0, 0.1) is 5.92 Å². The number of amides is 1. The molecular weight excluding hydrogens is 352 g/mol. The predicted octanol–water partition coefficient (Wildman–Crippen LogP) is 2.31. The molecular formula is C18H19ClN6O. The van der Waals surface area contributed by atoms with Crippen LogP contribution in [0.4, 0.5) is 5.95 Å². The highest BCUT2D eigenvalue weighted by Crippen LogP contribution is 2.23. The third-order valence-corrected chi connectivity index (χ3v) is 4.91. The number of halogens is 1. The molecule has 1 fully saturated rings. The van der Waals surface area contributed by atoms with Crippen LogP contribution in [0.5, 0.6) is 0 Å². The van der Waals surface area contributed by atoms with Crippen molar-refractivity contribution in [3.63, 3.8) is 0 Å². The molecule has 4 rings (SSSR count). The number of pyridine rings is 2. The van der Waals surface area contributed by atoms with Crippen molar-refractivity contribution < 1.29 is 4.79 Å². The van der Waals surface area contributed by atoms with Crippen molar-refractivity contribution in [2.75, 3.05) is 18.0 Å². The quantitative estimate of drug-likeness (QED) is 0.762. The summed E-state index contributed by atoms with van der Waals surface area (Å²) in [4.78, 5) is 18.6. The Bertz CT molecular complexity index is 904. The highest BCUT2D eigenvalue weighted by atomic mass is 35.5. The van der Waals surface area contributed by atoms with Gasteiger partial charge in [0.05, 0.1) is 5.02 Å². The van der Waals surface area contributed by atoms with Gasteiger partial charge >= 0.3 is 0 Å². The minimum absolute atomic E-state index is 0.0192. The summed E-state index contributed by atoms with van der Waals surface area (Å²) >= 11 is 6.08. The second-order valence-electron chi connectivity index (χ2n) is 6.42. The fourth-order valence-corrected chi connectivity index (χ4v) is 3.41. The summed E-state index contributed by atoms with van der Waals surface area (Å²) < 4.78 is 1.89. The number of carbonyl (C=O) groups is 1. The van der Waals surface area contributed by atoms with Gasteiger partial charge in [-0.1, -0.05) is 17.7 Å². The van der Waals surface area contributed by atoms with Crippen LogP contribution in [0.3, 0.4) is 0 Å². The summed E-state index contributed by atoms with van der Waals surface area (Å²) in [7, 11) is 0. The summed E-state index contributed by atoms with van der Waals surface area (Å²) in [6.45, 7) is 2.04. The Morgan fingerprint density at radius 1 is 1.23 bits per heavy atom. The maximum absolute atomic E-state index is 12.4. The van der Waals surface area contributed by atoms with Crippen LogP contribution in [0.2, 0.25) is 5.02 Å². The molecule has 1 aliphatic heterocycles. The second-order valence-corrected chi connectivity index (χ2v) is 6.85. The van der Waals surface area contributed by atoms with Crippen molar-refractivity contribution in [2.24, 2.45) is 5.92 Å². The van der Waals surface area contributed by atoms with E-state index in [4.69, 9.17) is 11.6 Å². The Hall–Kier alpha value is -2.67. The van der Waals surface area contributed by atoms with E-state index in [-0.39, 0.29) is 11.8 Å². The molecule has 0 bridgehead atoms. The molecule has 4 heterocycles. The zero-order chi connectivity index (χ0) is 17.9. The van der Waals surface area contributed by atoms with E-state index in [1.807, 2.05) is 28.8 Å². The van der Waals surface area contributed by atoms with Crippen LogP contribution in [0.15, 0.2) is 42.9 Å². The average Bonchev–Trinajstić information content (AvgIpc) is 3.10. The molecule has 1 N–H and O–H groups in total. The van der Waals surface area contributed by atoms with E-state index in [0.717, 1.165) is 43.1 Å². The maximum Gasteiger partial charge on any atom is 0.231 e. The van der Waals surface area contributed by atoms with Gasteiger partial charge in [0.1, 0.15) is 0 Å². The van der Waals surface area contributed by atoms with Gasteiger partial charge < -0.3 is 10.2 Å². The van der Waals surface area contributed by atoms with Gasteiger partial charge in [0.2, 0.25) is 11.9 Å². The largest absolute Gasteiger partial charge is 0.352 e. The molecule has 0 aliphatic carbocycles. The molecule has 3 aromatic heterocycles. The van der Waals surface area contributed by atoms with Gasteiger partial charge in [-0.2, -0.15) is 0 Å². The van der Waals surface area contributed by atoms with E-state index in [2.05, 4.69) is 25.4 Å². The molecule has 0 aromatic carbocycles. The van der Waals surface area contributed by atoms with Crippen LogP contribution < -0.4 is 10.2 Å². The molecule has 1 amide bonds. The molecule has 0 atom stereocenters. The third-order valence-electron chi connectivity index (χ3n) is 4.69. The lowest BCUT2D eigenvalue weighted by Gasteiger charge is -2.31. The molecule has 0 unspecified atom stereocenters. The van der Waals surface area contributed by atoms with E-state index in [1.165, 1.54) is 0 Å². The number of hydrogen-bond donors (Lipinski definition) is 1. The summed E-state index contributed by atoms with van der Waals surface area (Å²) in [5.41, 5.74) is 1.77. The van der Waals surface area contributed by atoms with Crippen LogP contribution in [0.1, 0.15) is 18.4 Å². The van der Waals surface area contributed by atoms with Crippen LogP contribution in [-0.2, 0) is 11.3 Å². The first kappa shape index (κ1) is 16.8. The van der Waals surface area contributed by atoms with Gasteiger partial charge in [0.25, 0.3) is 0 Å². The number of hydrogen-bond acceptors (Lipinski definition) is 5. The number of aromatic nitrogens is 4. The smallest absolute Gasteiger partial charge is 0.231 e. The predicted molar refractivity (Wildman–Crippen MR) is 99.0 cm³/mol. The van der Waals surface area contributed by atoms with Crippen LogP contribution in [0.25, 0.3) is 5.65 Å². The number of nitrogens with one attached hydrogen (secondary N) is 1. The van der Waals surface area contributed by atoms with Crippen LogP contribution >= 0.6 is 11.6 Å². The number of nitrogens with zero attached hydrogens (tertiary/aromatic N) is 5. The van der Waals surface area contributed by atoms with E-state index >= 15 is 0 Å². The van der Waals surface area contributed by atoms with Crippen molar-refractivity contribution in [2.45, 2.75) is 19.4 Å². The molecule has 7 nitrogen and oxygen atoms in total.